The van der Waals surface area contributed by atoms with Gasteiger partial charge in [0.15, 0.2) is 11.6 Å². The Labute approximate surface area is 110 Å². The highest BCUT2D eigenvalue weighted by Crippen LogP contribution is 2.31. The van der Waals surface area contributed by atoms with E-state index in [4.69, 9.17) is 5.11 Å². The average Bonchev–Trinajstić information content (AvgIpc) is 2.35. The van der Waals surface area contributed by atoms with E-state index in [9.17, 15) is 13.6 Å². The summed E-state index contributed by atoms with van der Waals surface area (Å²) in [7, 11) is 0. The predicted octanol–water partition coefficient (Wildman–Crippen LogP) is 3.29. The van der Waals surface area contributed by atoms with Crippen LogP contribution in [0, 0.1) is 17.6 Å². The fourth-order valence-electron chi connectivity index (χ4n) is 2.55. The van der Waals surface area contributed by atoms with Gasteiger partial charge in [-0.05, 0) is 37.8 Å². The van der Waals surface area contributed by atoms with Crippen LogP contribution in [0.25, 0.3) is 0 Å². The third-order valence-corrected chi connectivity index (χ3v) is 3.72. The van der Waals surface area contributed by atoms with E-state index in [0.29, 0.717) is 12.5 Å². The number of nitrogens with zero attached hydrogens (tertiary/aromatic N) is 1. The third kappa shape index (κ3) is 2.55. The monoisotopic (exact) mass is 269 g/mol. The molecule has 1 aromatic rings. The van der Waals surface area contributed by atoms with E-state index in [1.165, 1.54) is 6.07 Å². The second-order valence-electron chi connectivity index (χ2n) is 5.25. The van der Waals surface area contributed by atoms with Gasteiger partial charge in [0, 0.05) is 12.6 Å². The number of carbonyl (C=O) groups is 1. The van der Waals surface area contributed by atoms with Crippen LogP contribution in [-0.2, 0) is 0 Å². The molecule has 1 fully saturated rings. The van der Waals surface area contributed by atoms with Crippen LogP contribution in [0.15, 0.2) is 12.1 Å². The Morgan fingerprint density at radius 2 is 1.95 bits per heavy atom. The Hall–Kier alpha value is -1.65. The van der Waals surface area contributed by atoms with Crippen LogP contribution in [0.5, 0.6) is 0 Å². The minimum atomic E-state index is -1.46. The molecule has 1 N–H and O–H groups in total. The Balaban J connectivity index is 2.40. The fourth-order valence-corrected chi connectivity index (χ4v) is 2.55. The second-order valence-corrected chi connectivity index (χ2v) is 5.25. The van der Waals surface area contributed by atoms with Gasteiger partial charge in [-0.2, -0.15) is 0 Å². The molecule has 0 amide bonds. The number of anilines is 1. The Bertz CT molecular complexity index is 504. The number of benzene rings is 1. The van der Waals surface area contributed by atoms with E-state index in [2.05, 4.69) is 6.92 Å². The number of hydrogen-bond donors (Lipinski definition) is 1. The van der Waals surface area contributed by atoms with E-state index < -0.39 is 23.2 Å². The molecule has 0 saturated carbocycles. The number of halogens is 2. The van der Waals surface area contributed by atoms with Crippen molar-refractivity contribution in [2.24, 2.45) is 5.92 Å². The lowest BCUT2D eigenvalue weighted by Gasteiger charge is -2.38. The molecular formula is C14H17F2NO2. The highest BCUT2D eigenvalue weighted by molar-refractivity contribution is 5.88. The van der Waals surface area contributed by atoms with Crippen LogP contribution >= 0.6 is 0 Å². The van der Waals surface area contributed by atoms with Gasteiger partial charge in [-0.1, -0.05) is 6.92 Å². The van der Waals surface area contributed by atoms with Crippen LogP contribution in [0.4, 0.5) is 14.5 Å². The minimum Gasteiger partial charge on any atom is -0.478 e. The van der Waals surface area contributed by atoms with Crippen LogP contribution in [0.3, 0.4) is 0 Å². The number of hydrogen-bond acceptors (Lipinski definition) is 2. The van der Waals surface area contributed by atoms with Gasteiger partial charge in [-0.3, -0.25) is 0 Å². The van der Waals surface area contributed by atoms with Gasteiger partial charge < -0.3 is 10.0 Å². The second kappa shape index (κ2) is 5.15. The summed E-state index contributed by atoms with van der Waals surface area (Å²) in [6.07, 6.45) is 1.98. The summed E-state index contributed by atoms with van der Waals surface area (Å²) in [4.78, 5) is 12.6. The van der Waals surface area contributed by atoms with Gasteiger partial charge >= 0.3 is 5.97 Å². The van der Waals surface area contributed by atoms with Crippen molar-refractivity contribution in [2.45, 2.75) is 32.7 Å². The van der Waals surface area contributed by atoms with Crippen LogP contribution in [0.2, 0.25) is 0 Å². The highest BCUT2D eigenvalue weighted by Gasteiger charge is 2.27. The normalized spacial score (nSPS) is 23.5. The molecule has 3 nitrogen and oxygen atoms in total. The Morgan fingerprint density at radius 1 is 1.26 bits per heavy atom. The van der Waals surface area contributed by atoms with Crippen molar-refractivity contribution in [3.8, 4) is 0 Å². The first-order valence-corrected chi connectivity index (χ1v) is 6.39. The Kier molecular flexibility index (Phi) is 3.73. The standard InChI is InChI=1S/C14H17F2NO2/c1-8-3-4-9(2)17(7-8)11-6-5-10(14(18)19)12(15)13(11)16/h5-6,8-9H,3-4,7H2,1-2H3,(H,18,19). The van der Waals surface area contributed by atoms with Gasteiger partial charge in [0.1, 0.15) is 0 Å². The molecule has 1 aliphatic rings. The number of carboxylic acid groups (broad SMARTS) is 1. The lowest BCUT2D eigenvalue weighted by Crippen LogP contribution is -2.41. The van der Waals surface area contributed by atoms with Crippen molar-refractivity contribution >= 4 is 11.7 Å². The summed E-state index contributed by atoms with van der Waals surface area (Å²) < 4.78 is 27.7. The van der Waals surface area contributed by atoms with Crippen molar-refractivity contribution in [2.75, 3.05) is 11.4 Å². The Morgan fingerprint density at radius 3 is 2.58 bits per heavy atom. The molecule has 1 saturated heterocycles. The lowest BCUT2D eigenvalue weighted by molar-refractivity contribution is 0.0690. The summed E-state index contributed by atoms with van der Waals surface area (Å²) in [6.45, 7) is 4.69. The van der Waals surface area contributed by atoms with Crippen molar-refractivity contribution < 1.29 is 18.7 Å². The molecule has 2 rings (SSSR count). The van der Waals surface area contributed by atoms with Crippen molar-refractivity contribution in [1.82, 2.24) is 0 Å². The minimum absolute atomic E-state index is 0.126. The molecule has 2 atom stereocenters. The van der Waals surface area contributed by atoms with E-state index in [-0.39, 0.29) is 11.7 Å². The third-order valence-electron chi connectivity index (χ3n) is 3.72. The molecule has 1 aromatic carbocycles. The van der Waals surface area contributed by atoms with Gasteiger partial charge in [0.25, 0.3) is 0 Å². The predicted molar refractivity (Wildman–Crippen MR) is 68.5 cm³/mol. The molecule has 0 bridgehead atoms. The summed E-state index contributed by atoms with van der Waals surface area (Å²) >= 11 is 0. The molecule has 1 aliphatic heterocycles. The molecule has 5 heteroatoms. The SMILES string of the molecule is CC1CCC(C)N(c2ccc(C(=O)O)c(F)c2F)C1. The fraction of sp³-hybridized carbons (Fsp3) is 0.500. The lowest BCUT2D eigenvalue weighted by atomic mass is 9.94. The first kappa shape index (κ1) is 13.8. The van der Waals surface area contributed by atoms with Crippen LogP contribution < -0.4 is 4.90 Å². The molecule has 104 valence electrons. The molecule has 0 aromatic heterocycles. The molecule has 0 radical (unpaired) electrons. The smallest absolute Gasteiger partial charge is 0.338 e. The maximum absolute atomic E-state index is 14.0. The van der Waals surface area contributed by atoms with Gasteiger partial charge in [-0.15, -0.1) is 0 Å². The largest absolute Gasteiger partial charge is 0.478 e. The summed E-state index contributed by atoms with van der Waals surface area (Å²) in [5, 5.41) is 8.77. The quantitative estimate of drug-likeness (QED) is 0.895. The van der Waals surface area contributed by atoms with E-state index in [1.807, 2.05) is 11.8 Å². The van der Waals surface area contributed by atoms with Crippen LogP contribution in [0.1, 0.15) is 37.0 Å². The van der Waals surface area contributed by atoms with E-state index in [1.54, 1.807) is 0 Å². The number of piperidine rings is 1. The van der Waals surface area contributed by atoms with Crippen molar-refractivity contribution in [1.29, 1.82) is 0 Å². The molecule has 0 spiro atoms. The van der Waals surface area contributed by atoms with E-state index >= 15 is 0 Å². The molecule has 2 unspecified atom stereocenters. The highest BCUT2D eigenvalue weighted by atomic mass is 19.2. The zero-order valence-corrected chi connectivity index (χ0v) is 11.0. The van der Waals surface area contributed by atoms with Crippen molar-refractivity contribution in [3.63, 3.8) is 0 Å². The molecule has 19 heavy (non-hydrogen) atoms. The average molecular weight is 269 g/mol. The van der Waals surface area contributed by atoms with Crippen LogP contribution in [-0.4, -0.2) is 23.7 Å². The van der Waals surface area contributed by atoms with Gasteiger partial charge in [0.2, 0.25) is 0 Å². The first-order chi connectivity index (χ1) is 8.91. The van der Waals surface area contributed by atoms with Gasteiger partial charge in [-0.25, -0.2) is 13.6 Å². The zero-order chi connectivity index (χ0) is 14.2. The molecule has 0 aliphatic carbocycles. The molecular weight excluding hydrogens is 252 g/mol. The molecule has 1 heterocycles. The summed E-state index contributed by atoms with van der Waals surface area (Å²) in [6, 6.07) is 2.61. The number of rotatable bonds is 2. The van der Waals surface area contributed by atoms with Crippen molar-refractivity contribution in [3.05, 3.63) is 29.3 Å². The maximum Gasteiger partial charge on any atom is 0.338 e. The first-order valence-electron chi connectivity index (χ1n) is 6.39. The number of aromatic carboxylic acids is 1. The number of carboxylic acids is 1. The summed E-state index contributed by atoms with van der Waals surface area (Å²) in [5.74, 6) is -3.39. The topological polar surface area (TPSA) is 40.5 Å². The zero-order valence-electron chi connectivity index (χ0n) is 11.0. The van der Waals surface area contributed by atoms with Gasteiger partial charge in [0.05, 0.1) is 11.3 Å². The van der Waals surface area contributed by atoms with E-state index in [0.717, 1.165) is 18.9 Å². The summed E-state index contributed by atoms with van der Waals surface area (Å²) in [5.41, 5.74) is -0.472. The maximum atomic E-state index is 14.0.